The van der Waals surface area contributed by atoms with E-state index in [9.17, 15) is 0 Å². The summed E-state index contributed by atoms with van der Waals surface area (Å²) in [7, 11) is -3.13. The summed E-state index contributed by atoms with van der Waals surface area (Å²) in [5, 5.41) is 0. The van der Waals surface area contributed by atoms with Crippen molar-refractivity contribution in [2.75, 3.05) is 0 Å². The van der Waals surface area contributed by atoms with Gasteiger partial charge in [0.2, 0.25) is 0 Å². The zero-order chi connectivity index (χ0) is 15.5. The Labute approximate surface area is 127 Å². The maximum Gasteiger partial charge on any atom is 0.0598 e. The van der Waals surface area contributed by atoms with E-state index < -0.39 is 15.2 Å². The summed E-state index contributed by atoms with van der Waals surface area (Å²) in [5.41, 5.74) is 0. The second kappa shape index (κ2) is 9.73. The molecule has 0 saturated carbocycles. The van der Waals surface area contributed by atoms with Crippen LogP contribution in [-0.2, 0) is 0 Å². The molecule has 0 heterocycles. The van der Waals surface area contributed by atoms with Gasteiger partial charge in [0.1, 0.15) is 0 Å². The highest BCUT2D eigenvalue weighted by Gasteiger charge is 2.49. The van der Waals surface area contributed by atoms with Crippen molar-refractivity contribution < 1.29 is 0 Å². The summed E-state index contributed by atoms with van der Waals surface area (Å²) in [6.07, 6.45) is 12.6. The Kier molecular flexibility index (Phi) is 9.18. The normalized spacial score (nSPS) is 11.4. The topological polar surface area (TPSA) is 0 Å². The van der Waals surface area contributed by atoms with Gasteiger partial charge in [-0.3, -0.25) is 0 Å². The fourth-order valence-electron chi connectivity index (χ4n) is 3.46. The maximum atomic E-state index is 4.01. The minimum Gasteiger partial charge on any atom is -0.103 e. The van der Waals surface area contributed by atoms with E-state index in [1.54, 1.807) is 0 Å². The van der Waals surface area contributed by atoms with E-state index in [0.717, 1.165) is 36.3 Å². The first-order valence-electron chi connectivity index (χ1n) is 7.27. The summed E-state index contributed by atoms with van der Waals surface area (Å²) >= 11 is 0. The van der Waals surface area contributed by atoms with Crippen LogP contribution in [0.5, 0.6) is 0 Å². The highest BCUT2D eigenvalue weighted by Crippen LogP contribution is 2.41. The lowest BCUT2D eigenvalue weighted by Gasteiger charge is -2.47. The van der Waals surface area contributed by atoms with Crippen LogP contribution < -0.4 is 0 Å². The van der Waals surface area contributed by atoms with Crippen LogP contribution in [0.3, 0.4) is 0 Å². The van der Waals surface area contributed by atoms with E-state index in [1.807, 2.05) is 0 Å². The Morgan fingerprint density at radius 1 is 0.400 bits per heavy atom. The SMILES string of the molecule is C=CC[Si](CC=C)(CC=C)[Si](CC=C)(CC=C)CC=C. The molecular weight excluding hydrogens is 272 g/mol. The van der Waals surface area contributed by atoms with Gasteiger partial charge in [-0.2, -0.15) is 0 Å². The minimum atomic E-state index is -1.57. The molecule has 20 heavy (non-hydrogen) atoms. The molecular formula is C18H30Si2. The van der Waals surface area contributed by atoms with Crippen LogP contribution in [0.15, 0.2) is 75.9 Å². The monoisotopic (exact) mass is 302 g/mol. The van der Waals surface area contributed by atoms with Crippen molar-refractivity contribution in [3.63, 3.8) is 0 Å². The standard InChI is InChI=1S/C18H30Si2/c1-7-13-19(14-8-2,15-9-3)20(16-10-4,17-11-5)18-12-6/h7-12H,1-6,13-18H2. The molecule has 0 saturated heterocycles. The third-order valence-corrected chi connectivity index (χ3v) is 23.4. The second-order valence-corrected chi connectivity index (χ2v) is 19.5. The van der Waals surface area contributed by atoms with Crippen LogP contribution in [0, 0.1) is 0 Å². The average molecular weight is 303 g/mol. The Morgan fingerprint density at radius 3 is 0.650 bits per heavy atom. The second-order valence-electron chi connectivity index (χ2n) is 5.52. The van der Waals surface area contributed by atoms with Crippen LogP contribution in [0.4, 0.5) is 0 Å². The van der Waals surface area contributed by atoms with Gasteiger partial charge in [-0.15, -0.1) is 39.5 Å². The molecule has 0 N–H and O–H groups in total. The van der Waals surface area contributed by atoms with E-state index in [2.05, 4.69) is 75.9 Å². The van der Waals surface area contributed by atoms with Crippen LogP contribution in [-0.4, -0.2) is 15.2 Å². The molecule has 0 spiro atoms. The Morgan fingerprint density at radius 2 is 0.550 bits per heavy atom. The van der Waals surface area contributed by atoms with Gasteiger partial charge in [-0.05, 0) is 36.3 Å². The van der Waals surface area contributed by atoms with Crippen molar-refractivity contribution in [3.05, 3.63) is 75.9 Å². The van der Waals surface area contributed by atoms with Crippen molar-refractivity contribution in [2.24, 2.45) is 0 Å². The zero-order valence-electron chi connectivity index (χ0n) is 12.9. The van der Waals surface area contributed by atoms with E-state index in [-0.39, 0.29) is 0 Å². The van der Waals surface area contributed by atoms with Crippen LogP contribution in [0.25, 0.3) is 0 Å². The summed E-state index contributed by atoms with van der Waals surface area (Å²) in [6, 6.07) is 6.79. The number of hydrogen-bond donors (Lipinski definition) is 0. The van der Waals surface area contributed by atoms with Crippen molar-refractivity contribution in [1.29, 1.82) is 0 Å². The van der Waals surface area contributed by atoms with Gasteiger partial charge in [0.25, 0.3) is 0 Å². The molecule has 0 atom stereocenters. The number of hydrogen-bond acceptors (Lipinski definition) is 0. The van der Waals surface area contributed by atoms with E-state index in [4.69, 9.17) is 0 Å². The number of allylic oxidation sites excluding steroid dienone is 6. The third kappa shape index (κ3) is 4.19. The van der Waals surface area contributed by atoms with Gasteiger partial charge >= 0.3 is 0 Å². The maximum absolute atomic E-state index is 4.01. The Hall–Kier alpha value is -1.13. The Bertz CT molecular complexity index is 277. The van der Waals surface area contributed by atoms with Crippen molar-refractivity contribution >= 4 is 15.2 Å². The zero-order valence-corrected chi connectivity index (χ0v) is 14.9. The van der Waals surface area contributed by atoms with E-state index >= 15 is 0 Å². The molecule has 0 aliphatic heterocycles. The molecule has 0 aromatic rings. The van der Waals surface area contributed by atoms with Crippen LogP contribution >= 0.6 is 0 Å². The molecule has 2 heteroatoms. The van der Waals surface area contributed by atoms with Crippen molar-refractivity contribution in [1.82, 2.24) is 0 Å². The summed E-state index contributed by atoms with van der Waals surface area (Å²) < 4.78 is 0. The highest BCUT2D eigenvalue weighted by molar-refractivity contribution is 7.43. The largest absolute Gasteiger partial charge is 0.103 e. The fourth-order valence-corrected chi connectivity index (χ4v) is 20.8. The Balaban J connectivity index is 5.99. The molecule has 0 aromatic heterocycles. The summed E-state index contributed by atoms with van der Waals surface area (Å²) in [6.45, 7) is 24.1. The average Bonchev–Trinajstić information content (AvgIpc) is 2.40. The third-order valence-electron chi connectivity index (χ3n) is 4.34. The smallest absolute Gasteiger partial charge is 0.0598 e. The molecule has 110 valence electrons. The van der Waals surface area contributed by atoms with Crippen LogP contribution in [0.2, 0.25) is 36.3 Å². The lowest BCUT2D eigenvalue weighted by molar-refractivity contribution is 1.31. The lowest BCUT2D eigenvalue weighted by Crippen LogP contribution is -2.61. The van der Waals surface area contributed by atoms with Gasteiger partial charge in [0, 0.05) is 0 Å². The first-order chi connectivity index (χ1) is 9.61. The van der Waals surface area contributed by atoms with Crippen LogP contribution in [0.1, 0.15) is 0 Å². The summed E-state index contributed by atoms with van der Waals surface area (Å²) in [4.78, 5) is 0. The highest BCUT2D eigenvalue weighted by atomic mass is 29.3. The van der Waals surface area contributed by atoms with Crippen molar-refractivity contribution in [2.45, 2.75) is 36.3 Å². The van der Waals surface area contributed by atoms with Gasteiger partial charge in [0.15, 0.2) is 0 Å². The molecule has 0 rings (SSSR count). The molecule has 0 fully saturated rings. The minimum absolute atomic E-state index is 1.13. The molecule has 0 aliphatic rings. The molecule has 0 aliphatic carbocycles. The van der Waals surface area contributed by atoms with E-state index in [1.165, 1.54) is 0 Å². The molecule has 0 amide bonds. The summed E-state index contributed by atoms with van der Waals surface area (Å²) in [5.74, 6) is 0. The predicted octanol–water partition coefficient (Wildman–Crippen LogP) is 6.08. The van der Waals surface area contributed by atoms with Gasteiger partial charge in [0.05, 0.1) is 15.2 Å². The predicted molar refractivity (Wildman–Crippen MR) is 102 cm³/mol. The molecule has 0 nitrogen and oxygen atoms in total. The first-order valence-corrected chi connectivity index (χ1v) is 13.5. The van der Waals surface area contributed by atoms with Gasteiger partial charge < -0.3 is 0 Å². The van der Waals surface area contributed by atoms with Gasteiger partial charge in [-0.25, -0.2) is 0 Å². The molecule has 0 bridgehead atoms. The van der Waals surface area contributed by atoms with Gasteiger partial charge in [-0.1, -0.05) is 36.5 Å². The van der Waals surface area contributed by atoms with E-state index in [0.29, 0.717) is 0 Å². The molecule has 0 unspecified atom stereocenters. The molecule has 0 radical (unpaired) electrons. The number of rotatable bonds is 13. The lowest BCUT2D eigenvalue weighted by atomic mass is 10.7. The quantitative estimate of drug-likeness (QED) is 0.286. The fraction of sp³-hybridized carbons (Fsp3) is 0.333. The molecule has 0 aromatic carbocycles. The first kappa shape index (κ1) is 18.9. The van der Waals surface area contributed by atoms with Crippen molar-refractivity contribution in [3.8, 4) is 0 Å².